The fourth-order valence-corrected chi connectivity index (χ4v) is 2.62. The van der Waals surface area contributed by atoms with Gasteiger partial charge in [0.1, 0.15) is 11.5 Å². The molecule has 1 N–H and O–H groups in total. The van der Waals surface area contributed by atoms with Crippen LogP contribution in [0.25, 0.3) is 0 Å². The maximum absolute atomic E-state index is 5.51. The number of methoxy groups -OCH3 is 2. The first kappa shape index (κ1) is 12.2. The van der Waals surface area contributed by atoms with E-state index in [1.54, 1.807) is 14.2 Å². The van der Waals surface area contributed by atoms with Crippen molar-refractivity contribution in [3.8, 4) is 11.5 Å². The number of ether oxygens (including phenoxy) is 2. The number of hydrogen-bond acceptors (Lipinski definition) is 3. The molecule has 0 spiro atoms. The molecule has 0 amide bonds. The van der Waals surface area contributed by atoms with E-state index in [0.29, 0.717) is 12.0 Å². The normalized spacial score (nSPS) is 23.1. The Balaban J connectivity index is 2.56. The molecule has 1 aliphatic heterocycles. The lowest BCUT2D eigenvalue weighted by atomic mass is 9.85. The minimum atomic E-state index is 0.408. The summed E-state index contributed by atoms with van der Waals surface area (Å²) in [6, 6.07) is 4.52. The Labute approximate surface area is 103 Å². The summed E-state index contributed by atoms with van der Waals surface area (Å²) in [5, 5.41) is 3.57. The van der Waals surface area contributed by atoms with Gasteiger partial charge in [0.25, 0.3) is 0 Å². The van der Waals surface area contributed by atoms with E-state index in [4.69, 9.17) is 9.47 Å². The number of benzene rings is 1. The first-order chi connectivity index (χ1) is 8.21. The molecular formula is C14H21NO2. The van der Waals surface area contributed by atoms with Crippen LogP contribution in [0.2, 0.25) is 0 Å². The minimum absolute atomic E-state index is 0.408. The van der Waals surface area contributed by atoms with Crippen LogP contribution >= 0.6 is 0 Å². The zero-order valence-electron chi connectivity index (χ0n) is 11.0. The quantitative estimate of drug-likeness (QED) is 0.874. The molecule has 17 heavy (non-hydrogen) atoms. The fraction of sp³-hybridized carbons (Fsp3) is 0.571. The zero-order valence-corrected chi connectivity index (χ0v) is 11.0. The van der Waals surface area contributed by atoms with Crippen LogP contribution in [0.15, 0.2) is 12.1 Å². The van der Waals surface area contributed by atoms with E-state index >= 15 is 0 Å². The highest BCUT2D eigenvalue weighted by Crippen LogP contribution is 2.40. The predicted octanol–water partition coefficient (Wildman–Crippen LogP) is 2.86. The molecule has 0 aliphatic carbocycles. The van der Waals surface area contributed by atoms with Crippen LogP contribution in [0.5, 0.6) is 11.5 Å². The summed E-state index contributed by atoms with van der Waals surface area (Å²) in [5.41, 5.74) is 2.65. The average molecular weight is 235 g/mol. The molecule has 2 atom stereocenters. The van der Waals surface area contributed by atoms with Crippen LogP contribution in [0.4, 0.5) is 0 Å². The lowest BCUT2D eigenvalue weighted by molar-refractivity contribution is 0.373. The number of fused-ring (bicyclic) bond motifs is 1. The van der Waals surface area contributed by atoms with Crippen molar-refractivity contribution in [2.24, 2.45) is 0 Å². The highest BCUT2D eigenvalue weighted by Gasteiger charge is 2.27. The molecule has 2 unspecified atom stereocenters. The van der Waals surface area contributed by atoms with Gasteiger partial charge in [-0.05, 0) is 24.0 Å². The Morgan fingerprint density at radius 1 is 1.29 bits per heavy atom. The molecule has 2 rings (SSSR count). The van der Waals surface area contributed by atoms with Gasteiger partial charge in [-0.1, -0.05) is 13.8 Å². The maximum atomic E-state index is 5.51. The third-order valence-corrected chi connectivity index (χ3v) is 3.55. The molecule has 3 nitrogen and oxygen atoms in total. The third-order valence-electron chi connectivity index (χ3n) is 3.55. The minimum Gasteiger partial charge on any atom is -0.497 e. The van der Waals surface area contributed by atoms with Gasteiger partial charge in [-0.25, -0.2) is 0 Å². The van der Waals surface area contributed by atoms with Gasteiger partial charge in [-0.3, -0.25) is 0 Å². The fourth-order valence-electron chi connectivity index (χ4n) is 2.62. The molecule has 0 aromatic heterocycles. The van der Waals surface area contributed by atoms with Gasteiger partial charge in [0.15, 0.2) is 0 Å². The maximum Gasteiger partial charge on any atom is 0.126 e. The molecular weight excluding hydrogens is 214 g/mol. The summed E-state index contributed by atoms with van der Waals surface area (Å²) >= 11 is 0. The van der Waals surface area contributed by atoms with E-state index in [0.717, 1.165) is 24.5 Å². The first-order valence-electron chi connectivity index (χ1n) is 6.20. The van der Waals surface area contributed by atoms with Crippen molar-refractivity contribution in [1.82, 2.24) is 5.32 Å². The van der Waals surface area contributed by atoms with Crippen LogP contribution in [-0.4, -0.2) is 20.8 Å². The van der Waals surface area contributed by atoms with Gasteiger partial charge < -0.3 is 14.8 Å². The molecule has 0 fully saturated rings. The molecule has 1 aromatic carbocycles. The molecule has 1 heterocycles. The summed E-state index contributed by atoms with van der Waals surface area (Å²) in [5.74, 6) is 2.30. The Bertz CT molecular complexity index is 403. The van der Waals surface area contributed by atoms with Gasteiger partial charge in [0.2, 0.25) is 0 Å². The van der Waals surface area contributed by atoms with Crippen molar-refractivity contribution in [3.63, 3.8) is 0 Å². The topological polar surface area (TPSA) is 30.5 Å². The molecule has 94 valence electrons. The van der Waals surface area contributed by atoms with Gasteiger partial charge in [0.05, 0.1) is 14.2 Å². The van der Waals surface area contributed by atoms with Crippen LogP contribution in [0.1, 0.15) is 43.4 Å². The second-order valence-corrected chi connectivity index (χ2v) is 4.60. The lowest BCUT2D eigenvalue weighted by Gasteiger charge is -2.32. The van der Waals surface area contributed by atoms with Crippen molar-refractivity contribution >= 4 is 0 Å². The second kappa shape index (κ2) is 4.96. The van der Waals surface area contributed by atoms with Gasteiger partial charge in [0, 0.05) is 24.2 Å². The number of hydrogen-bond donors (Lipinski definition) is 1. The smallest absolute Gasteiger partial charge is 0.126 e. The number of rotatable bonds is 3. The van der Waals surface area contributed by atoms with Gasteiger partial charge >= 0.3 is 0 Å². The van der Waals surface area contributed by atoms with Crippen LogP contribution in [-0.2, 0) is 0 Å². The van der Waals surface area contributed by atoms with Crippen LogP contribution in [0.3, 0.4) is 0 Å². The summed E-state index contributed by atoms with van der Waals surface area (Å²) in [6.07, 6.45) is 1.08. The van der Waals surface area contributed by atoms with E-state index < -0.39 is 0 Å². The average Bonchev–Trinajstić information content (AvgIpc) is 2.37. The molecule has 0 radical (unpaired) electrons. The number of nitrogens with one attached hydrogen (secondary N) is 1. The summed E-state index contributed by atoms with van der Waals surface area (Å²) < 4.78 is 10.9. The Kier molecular flexibility index (Phi) is 3.57. The van der Waals surface area contributed by atoms with Crippen molar-refractivity contribution in [2.45, 2.75) is 32.2 Å². The predicted molar refractivity (Wildman–Crippen MR) is 69.0 cm³/mol. The van der Waals surface area contributed by atoms with Gasteiger partial charge in [-0.15, -0.1) is 0 Å². The van der Waals surface area contributed by atoms with Crippen molar-refractivity contribution in [2.75, 3.05) is 20.8 Å². The SMILES string of the molecule is CCC1NCC(C)c2c(OC)cc(OC)cc21. The third kappa shape index (κ3) is 2.12. The summed E-state index contributed by atoms with van der Waals surface area (Å²) in [7, 11) is 3.42. The summed E-state index contributed by atoms with van der Waals surface area (Å²) in [6.45, 7) is 5.43. The molecule has 0 saturated heterocycles. The molecule has 3 heteroatoms. The van der Waals surface area contributed by atoms with Crippen LogP contribution < -0.4 is 14.8 Å². The highest BCUT2D eigenvalue weighted by atomic mass is 16.5. The van der Waals surface area contributed by atoms with Crippen molar-refractivity contribution in [3.05, 3.63) is 23.3 Å². The Hall–Kier alpha value is -1.22. The molecule has 1 aliphatic rings. The lowest BCUT2D eigenvalue weighted by Crippen LogP contribution is -2.32. The van der Waals surface area contributed by atoms with Gasteiger partial charge in [-0.2, -0.15) is 0 Å². The monoisotopic (exact) mass is 235 g/mol. The Morgan fingerprint density at radius 3 is 2.65 bits per heavy atom. The van der Waals surface area contributed by atoms with Crippen molar-refractivity contribution < 1.29 is 9.47 Å². The van der Waals surface area contributed by atoms with Crippen LogP contribution in [0, 0.1) is 0 Å². The van der Waals surface area contributed by atoms with E-state index in [1.165, 1.54) is 11.1 Å². The second-order valence-electron chi connectivity index (χ2n) is 4.60. The molecule has 0 saturated carbocycles. The van der Waals surface area contributed by atoms with E-state index in [2.05, 4.69) is 25.2 Å². The largest absolute Gasteiger partial charge is 0.497 e. The zero-order chi connectivity index (χ0) is 12.4. The van der Waals surface area contributed by atoms with E-state index in [1.807, 2.05) is 6.07 Å². The summed E-state index contributed by atoms with van der Waals surface area (Å²) in [4.78, 5) is 0. The van der Waals surface area contributed by atoms with E-state index in [9.17, 15) is 0 Å². The molecule has 1 aromatic rings. The standard InChI is InChI=1S/C14H21NO2/c1-5-12-11-6-10(16-3)7-13(17-4)14(11)9(2)8-15-12/h6-7,9,12,15H,5,8H2,1-4H3. The molecule has 0 bridgehead atoms. The highest BCUT2D eigenvalue weighted by molar-refractivity contribution is 5.51. The van der Waals surface area contributed by atoms with E-state index in [-0.39, 0.29) is 0 Å². The Morgan fingerprint density at radius 2 is 2.06 bits per heavy atom. The van der Waals surface area contributed by atoms with Crippen molar-refractivity contribution in [1.29, 1.82) is 0 Å². The first-order valence-corrected chi connectivity index (χ1v) is 6.20.